The largest absolute Gasteiger partial charge is 0.495 e. The highest BCUT2D eigenvalue weighted by atomic mass is 35.5. The molecule has 1 amide bonds. The number of amides is 1. The smallest absolute Gasteiger partial charge is 0.271 e. The van der Waals surface area contributed by atoms with Crippen molar-refractivity contribution < 1.29 is 22.9 Å². The van der Waals surface area contributed by atoms with Crippen LogP contribution in [-0.2, 0) is 14.8 Å². The van der Waals surface area contributed by atoms with Gasteiger partial charge in [-0.2, -0.15) is 0 Å². The summed E-state index contributed by atoms with van der Waals surface area (Å²) in [7, 11) is -2.58. The molecule has 0 saturated heterocycles. The number of carbonyl (C=O) groups excluding carboxylic acids is 1. The molecule has 0 heterocycles. The van der Waals surface area contributed by atoms with Gasteiger partial charge in [-0.05, 0) is 30.3 Å². The van der Waals surface area contributed by atoms with Crippen molar-refractivity contribution in [3.05, 3.63) is 57.6 Å². The number of nitro groups is 1. The molecule has 0 aliphatic heterocycles. The lowest BCUT2D eigenvalue weighted by Crippen LogP contribution is -2.33. The molecule has 0 aliphatic rings. The second-order valence-corrected chi connectivity index (χ2v) is 7.17. The topological polar surface area (TPSA) is 128 Å². The highest BCUT2D eigenvalue weighted by Gasteiger charge is 2.17. The molecule has 0 atom stereocenters. The van der Waals surface area contributed by atoms with E-state index in [-0.39, 0.29) is 22.0 Å². The van der Waals surface area contributed by atoms with E-state index in [1.165, 1.54) is 43.5 Å². The van der Waals surface area contributed by atoms with Crippen molar-refractivity contribution in [3.8, 4) is 5.75 Å². The van der Waals surface area contributed by atoms with Gasteiger partial charge in [0.25, 0.3) is 5.69 Å². The van der Waals surface area contributed by atoms with E-state index in [0.29, 0.717) is 5.02 Å². The fraction of sp³-hybridized carbons (Fsp3) is 0.133. The second-order valence-electron chi connectivity index (χ2n) is 4.97. The predicted octanol–water partition coefficient (Wildman–Crippen LogP) is 2.17. The first-order chi connectivity index (χ1) is 12.2. The van der Waals surface area contributed by atoms with Crippen LogP contribution in [0.25, 0.3) is 0 Å². The van der Waals surface area contributed by atoms with E-state index in [2.05, 4.69) is 10.0 Å². The minimum absolute atomic E-state index is 0.0531. The van der Waals surface area contributed by atoms with Gasteiger partial charge in [0.15, 0.2) is 0 Å². The fourth-order valence-corrected chi connectivity index (χ4v) is 3.07. The Morgan fingerprint density at radius 3 is 2.46 bits per heavy atom. The predicted molar refractivity (Wildman–Crippen MR) is 94.9 cm³/mol. The summed E-state index contributed by atoms with van der Waals surface area (Å²) in [6, 6.07) is 9.07. The van der Waals surface area contributed by atoms with Crippen molar-refractivity contribution in [1.82, 2.24) is 4.72 Å². The van der Waals surface area contributed by atoms with Crippen molar-refractivity contribution in [1.29, 1.82) is 0 Å². The lowest BCUT2D eigenvalue weighted by molar-refractivity contribution is -0.384. The summed E-state index contributed by atoms with van der Waals surface area (Å²) in [6.45, 7) is -0.573. The Morgan fingerprint density at radius 2 is 1.88 bits per heavy atom. The van der Waals surface area contributed by atoms with Gasteiger partial charge < -0.3 is 10.1 Å². The van der Waals surface area contributed by atoms with Crippen LogP contribution in [-0.4, -0.2) is 32.9 Å². The summed E-state index contributed by atoms with van der Waals surface area (Å²) in [4.78, 5) is 22.2. The van der Waals surface area contributed by atoms with Gasteiger partial charge in [0, 0.05) is 17.2 Å². The lowest BCUT2D eigenvalue weighted by atomic mass is 10.2. The van der Waals surface area contributed by atoms with E-state index in [9.17, 15) is 23.3 Å². The quantitative estimate of drug-likeness (QED) is 0.542. The number of ether oxygens (including phenoxy) is 1. The fourth-order valence-electron chi connectivity index (χ4n) is 1.96. The van der Waals surface area contributed by atoms with Gasteiger partial charge in [-0.15, -0.1) is 0 Å². The van der Waals surface area contributed by atoms with E-state index in [1.807, 2.05) is 0 Å². The third-order valence-corrected chi connectivity index (χ3v) is 4.88. The number of benzene rings is 2. The first-order valence-corrected chi connectivity index (χ1v) is 8.96. The molecular formula is C15H14ClN3O6S. The molecule has 9 nitrogen and oxygen atoms in total. The minimum atomic E-state index is -3.91. The van der Waals surface area contributed by atoms with Gasteiger partial charge in [0.1, 0.15) is 5.75 Å². The zero-order chi connectivity index (χ0) is 19.3. The van der Waals surface area contributed by atoms with Crippen molar-refractivity contribution in [2.75, 3.05) is 19.0 Å². The molecule has 2 aromatic rings. The van der Waals surface area contributed by atoms with Crippen LogP contribution in [0, 0.1) is 10.1 Å². The van der Waals surface area contributed by atoms with Crippen LogP contribution in [0.5, 0.6) is 5.75 Å². The second kappa shape index (κ2) is 8.13. The number of non-ortho nitro benzene ring substituents is 1. The van der Waals surface area contributed by atoms with Crippen LogP contribution >= 0.6 is 11.6 Å². The molecule has 138 valence electrons. The van der Waals surface area contributed by atoms with Gasteiger partial charge in [0.05, 0.1) is 29.2 Å². The number of anilines is 1. The van der Waals surface area contributed by atoms with Gasteiger partial charge in [-0.1, -0.05) is 11.6 Å². The first-order valence-electron chi connectivity index (χ1n) is 7.10. The normalized spacial score (nSPS) is 11.0. The van der Waals surface area contributed by atoms with E-state index >= 15 is 0 Å². The summed E-state index contributed by atoms with van der Waals surface area (Å²) < 4.78 is 31.4. The van der Waals surface area contributed by atoms with E-state index in [0.717, 1.165) is 6.07 Å². The van der Waals surface area contributed by atoms with Crippen molar-refractivity contribution in [2.45, 2.75) is 4.90 Å². The third kappa shape index (κ3) is 4.91. The summed E-state index contributed by atoms with van der Waals surface area (Å²) >= 11 is 5.70. The summed E-state index contributed by atoms with van der Waals surface area (Å²) in [5.41, 5.74) is -0.194. The van der Waals surface area contributed by atoms with E-state index < -0.39 is 27.4 Å². The summed E-state index contributed by atoms with van der Waals surface area (Å²) in [6.07, 6.45) is 0. The van der Waals surface area contributed by atoms with Crippen LogP contribution in [0.1, 0.15) is 0 Å². The first kappa shape index (κ1) is 19.6. The van der Waals surface area contributed by atoms with Crippen LogP contribution < -0.4 is 14.8 Å². The number of hydrogen-bond donors (Lipinski definition) is 2. The summed E-state index contributed by atoms with van der Waals surface area (Å²) in [5, 5.41) is 13.6. The molecule has 0 spiro atoms. The number of carbonyl (C=O) groups is 1. The molecule has 0 fully saturated rings. The maximum absolute atomic E-state index is 12.1. The average Bonchev–Trinajstić information content (AvgIpc) is 2.60. The Hall–Kier alpha value is -2.69. The number of halogens is 1. The highest BCUT2D eigenvalue weighted by Crippen LogP contribution is 2.28. The van der Waals surface area contributed by atoms with E-state index in [1.54, 1.807) is 0 Å². The Kier molecular flexibility index (Phi) is 6.14. The molecule has 0 saturated carbocycles. The van der Waals surface area contributed by atoms with Crippen molar-refractivity contribution in [3.63, 3.8) is 0 Å². The molecular weight excluding hydrogens is 386 g/mol. The van der Waals surface area contributed by atoms with E-state index in [4.69, 9.17) is 16.3 Å². The monoisotopic (exact) mass is 399 g/mol. The Morgan fingerprint density at radius 1 is 1.23 bits per heavy atom. The minimum Gasteiger partial charge on any atom is -0.495 e. The Balaban J connectivity index is 2.08. The van der Waals surface area contributed by atoms with Crippen molar-refractivity contribution >= 4 is 38.9 Å². The van der Waals surface area contributed by atoms with Gasteiger partial charge in [-0.3, -0.25) is 14.9 Å². The number of methoxy groups -OCH3 is 1. The molecule has 11 heteroatoms. The number of hydrogen-bond acceptors (Lipinski definition) is 6. The number of nitro benzene ring substituents is 1. The molecule has 0 aliphatic carbocycles. The molecule has 0 bridgehead atoms. The molecule has 2 aromatic carbocycles. The van der Waals surface area contributed by atoms with Gasteiger partial charge in [-0.25, -0.2) is 13.1 Å². The third-order valence-electron chi connectivity index (χ3n) is 3.21. The maximum atomic E-state index is 12.1. The highest BCUT2D eigenvalue weighted by molar-refractivity contribution is 7.89. The molecule has 0 radical (unpaired) electrons. The maximum Gasteiger partial charge on any atom is 0.271 e. The number of rotatable bonds is 7. The van der Waals surface area contributed by atoms with Crippen LogP contribution in [0.15, 0.2) is 47.4 Å². The van der Waals surface area contributed by atoms with Gasteiger partial charge in [0.2, 0.25) is 15.9 Å². The van der Waals surface area contributed by atoms with Crippen LogP contribution in [0.4, 0.5) is 11.4 Å². The number of nitrogens with one attached hydrogen (secondary N) is 2. The zero-order valence-corrected chi connectivity index (χ0v) is 15.0. The van der Waals surface area contributed by atoms with Crippen LogP contribution in [0.2, 0.25) is 5.02 Å². The Bertz CT molecular complexity index is 931. The summed E-state index contributed by atoms with van der Waals surface area (Å²) in [5.74, 6) is -0.522. The standard InChI is InChI=1S/C15H14ClN3O6S/c1-25-14-7-4-11(19(21)22)8-13(14)18-15(20)9-17-26(23,24)12-5-2-10(16)3-6-12/h2-8,17H,9H2,1H3,(H,18,20). The zero-order valence-electron chi connectivity index (χ0n) is 13.4. The SMILES string of the molecule is COc1ccc([N+](=O)[O-])cc1NC(=O)CNS(=O)(=O)c1ccc(Cl)cc1. The average molecular weight is 400 g/mol. The van der Waals surface area contributed by atoms with Crippen LogP contribution in [0.3, 0.4) is 0 Å². The van der Waals surface area contributed by atoms with Gasteiger partial charge >= 0.3 is 0 Å². The molecule has 0 aromatic heterocycles. The number of sulfonamides is 1. The molecule has 2 N–H and O–H groups in total. The molecule has 0 unspecified atom stereocenters. The molecule has 26 heavy (non-hydrogen) atoms. The number of nitrogens with zero attached hydrogens (tertiary/aromatic N) is 1. The molecule has 2 rings (SSSR count). The Labute approximate surface area is 154 Å². The van der Waals surface area contributed by atoms with Crippen molar-refractivity contribution in [2.24, 2.45) is 0 Å². The lowest BCUT2D eigenvalue weighted by Gasteiger charge is -2.11.